The zero-order valence-corrected chi connectivity index (χ0v) is 11.0. The maximum Gasteiger partial charge on any atom is 0.133 e. The van der Waals surface area contributed by atoms with Crippen molar-refractivity contribution in [2.24, 2.45) is 11.8 Å². The first-order valence-corrected chi connectivity index (χ1v) is 5.97. The first kappa shape index (κ1) is 13.0. The molecular weight excluding hydrogens is 196 g/mol. The van der Waals surface area contributed by atoms with Crippen LogP contribution in [-0.4, -0.2) is 5.78 Å². The summed E-state index contributed by atoms with van der Waals surface area (Å²) in [5, 5.41) is 0. The molecule has 0 amide bonds. The Balaban J connectivity index is 2.89. The summed E-state index contributed by atoms with van der Waals surface area (Å²) < 4.78 is 0. The van der Waals surface area contributed by atoms with E-state index in [0.29, 0.717) is 11.7 Å². The lowest BCUT2D eigenvalue weighted by molar-refractivity contribution is -0.121. The summed E-state index contributed by atoms with van der Waals surface area (Å²) >= 11 is 0. The molecule has 0 aliphatic heterocycles. The van der Waals surface area contributed by atoms with Crippen molar-refractivity contribution in [3.63, 3.8) is 0 Å². The molecule has 1 heteroatoms. The fourth-order valence-electron chi connectivity index (χ4n) is 2.29. The standard InChI is InChI=1S/C15H22O/c1-10(2)15(13(5)16)9-14-7-11(3)6-12(4)8-14/h6-8,10,15H,9H2,1-5H3. The van der Waals surface area contributed by atoms with Crippen LogP contribution >= 0.6 is 0 Å². The highest BCUT2D eigenvalue weighted by Gasteiger charge is 2.18. The van der Waals surface area contributed by atoms with Gasteiger partial charge in [0.15, 0.2) is 0 Å². The van der Waals surface area contributed by atoms with Gasteiger partial charge in [-0.2, -0.15) is 0 Å². The molecule has 0 aromatic heterocycles. The first-order chi connectivity index (χ1) is 7.40. The molecule has 0 fully saturated rings. The lowest BCUT2D eigenvalue weighted by atomic mass is 9.86. The predicted octanol–water partition coefficient (Wildman–Crippen LogP) is 3.71. The second-order valence-electron chi connectivity index (χ2n) is 5.16. The van der Waals surface area contributed by atoms with E-state index in [1.807, 2.05) is 0 Å². The largest absolute Gasteiger partial charge is 0.300 e. The number of carbonyl (C=O) groups excluding carboxylic acids is 1. The van der Waals surface area contributed by atoms with E-state index in [-0.39, 0.29) is 5.92 Å². The summed E-state index contributed by atoms with van der Waals surface area (Å²) in [4.78, 5) is 11.6. The SMILES string of the molecule is CC(=O)C(Cc1cc(C)cc(C)c1)C(C)C. The minimum absolute atomic E-state index is 0.154. The van der Waals surface area contributed by atoms with Crippen LogP contribution in [0.5, 0.6) is 0 Å². The summed E-state index contributed by atoms with van der Waals surface area (Å²) in [7, 11) is 0. The van der Waals surface area contributed by atoms with Crippen molar-refractivity contribution in [3.05, 3.63) is 34.9 Å². The lowest BCUT2D eigenvalue weighted by Crippen LogP contribution is -2.20. The molecule has 0 aliphatic rings. The number of hydrogen-bond donors (Lipinski definition) is 0. The summed E-state index contributed by atoms with van der Waals surface area (Å²) in [6.45, 7) is 10.2. The zero-order valence-electron chi connectivity index (χ0n) is 11.0. The van der Waals surface area contributed by atoms with Crippen LogP contribution in [0.3, 0.4) is 0 Å². The highest BCUT2D eigenvalue weighted by molar-refractivity contribution is 5.78. The van der Waals surface area contributed by atoms with Crippen molar-refractivity contribution < 1.29 is 4.79 Å². The van der Waals surface area contributed by atoms with Gasteiger partial charge in [0, 0.05) is 5.92 Å². The lowest BCUT2D eigenvalue weighted by Gasteiger charge is -2.18. The predicted molar refractivity (Wildman–Crippen MR) is 68.6 cm³/mol. The Hall–Kier alpha value is -1.11. The Labute approximate surface area is 98.9 Å². The quantitative estimate of drug-likeness (QED) is 0.753. The van der Waals surface area contributed by atoms with Crippen molar-refractivity contribution >= 4 is 5.78 Å². The van der Waals surface area contributed by atoms with E-state index >= 15 is 0 Å². The van der Waals surface area contributed by atoms with Gasteiger partial charge in [-0.05, 0) is 38.7 Å². The molecular formula is C15H22O. The van der Waals surface area contributed by atoms with Crippen LogP contribution in [0, 0.1) is 25.7 Å². The Morgan fingerprint density at radius 2 is 1.62 bits per heavy atom. The molecule has 0 heterocycles. The van der Waals surface area contributed by atoms with Crippen LogP contribution < -0.4 is 0 Å². The number of ketones is 1. The van der Waals surface area contributed by atoms with E-state index in [9.17, 15) is 4.79 Å². The van der Waals surface area contributed by atoms with Gasteiger partial charge in [-0.15, -0.1) is 0 Å². The molecule has 0 aliphatic carbocycles. The van der Waals surface area contributed by atoms with Crippen molar-refractivity contribution in [2.75, 3.05) is 0 Å². The minimum atomic E-state index is 0.154. The van der Waals surface area contributed by atoms with Gasteiger partial charge in [0.05, 0.1) is 0 Å². The number of aryl methyl sites for hydroxylation is 2. The molecule has 0 saturated carbocycles. The van der Waals surface area contributed by atoms with Crippen molar-refractivity contribution in [1.29, 1.82) is 0 Å². The monoisotopic (exact) mass is 218 g/mol. The van der Waals surface area contributed by atoms with E-state index in [2.05, 4.69) is 45.9 Å². The van der Waals surface area contributed by atoms with Gasteiger partial charge in [0.2, 0.25) is 0 Å². The maximum absolute atomic E-state index is 11.6. The summed E-state index contributed by atoms with van der Waals surface area (Å²) in [6.07, 6.45) is 0.871. The summed E-state index contributed by atoms with van der Waals surface area (Å²) in [5.74, 6) is 0.869. The molecule has 0 spiro atoms. The van der Waals surface area contributed by atoms with E-state index in [1.54, 1.807) is 6.92 Å². The van der Waals surface area contributed by atoms with Gasteiger partial charge >= 0.3 is 0 Å². The Bertz CT molecular complexity index is 357. The molecule has 0 saturated heterocycles. The third-order valence-electron chi connectivity index (χ3n) is 3.06. The third kappa shape index (κ3) is 3.48. The highest BCUT2D eigenvalue weighted by Crippen LogP contribution is 2.20. The molecule has 0 N–H and O–H groups in total. The fourth-order valence-corrected chi connectivity index (χ4v) is 2.29. The van der Waals surface area contributed by atoms with Crippen LogP contribution in [-0.2, 0) is 11.2 Å². The summed E-state index contributed by atoms with van der Waals surface area (Å²) in [6, 6.07) is 6.54. The highest BCUT2D eigenvalue weighted by atomic mass is 16.1. The van der Waals surface area contributed by atoms with E-state index in [4.69, 9.17) is 0 Å². The minimum Gasteiger partial charge on any atom is -0.300 e. The van der Waals surface area contributed by atoms with Gasteiger partial charge in [-0.1, -0.05) is 43.2 Å². The van der Waals surface area contributed by atoms with Crippen LogP contribution in [0.1, 0.15) is 37.5 Å². The van der Waals surface area contributed by atoms with Crippen LogP contribution in [0.4, 0.5) is 0 Å². The third-order valence-corrected chi connectivity index (χ3v) is 3.06. The van der Waals surface area contributed by atoms with Crippen LogP contribution in [0.25, 0.3) is 0 Å². The molecule has 16 heavy (non-hydrogen) atoms. The molecule has 1 rings (SSSR count). The zero-order chi connectivity index (χ0) is 12.3. The van der Waals surface area contributed by atoms with Crippen molar-refractivity contribution in [3.8, 4) is 0 Å². The Morgan fingerprint density at radius 3 is 2.00 bits per heavy atom. The van der Waals surface area contributed by atoms with Gasteiger partial charge < -0.3 is 0 Å². The topological polar surface area (TPSA) is 17.1 Å². The maximum atomic E-state index is 11.6. The molecule has 88 valence electrons. The molecule has 1 atom stereocenters. The number of carbonyl (C=O) groups is 1. The fraction of sp³-hybridized carbons (Fsp3) is 0.533. The second kappa shape index (κ2) is 5.29. The van der Waals surface area contributed by atoms with E-state index < -0.39 is 0 Å². The van der Waals surface area contributed by atoms with E-state index in [1.165, 1.54) is 16.7 Å². The van der Waals surface area contributed by atoms with Gasteiger partial charge in [-0.25, -0.2) is 0 Å². The number of benzene rings is 1. The average molecular weight is 218 g/mol. The van der Waals surface area contributed by atoms with Gasteiger partial charge in [-0.3, -0.25) is 4.79 Å². The van der Waals surface area contributed by atoms with Gasteiger partial charge in [0.25, 0.3) is 0 Å². The Morgan fingerprint density at radius 1 is 1.12 bits per heavy atom. The Kier molecular flexibility index (Phi) is 4.28. The number of rotatable bonds is 4. The smallest absolute Gasteiger partial charge is 0.133 e. The van der Waals surface area contributed by atoms with Crippen molar-refractivity contribution in [2.45, 2.75) is 41.0 Å². The normalized spacial score (nSPS) is 12.9. The summed E-state index contributed by atoms with van der Waals surface area (Å²) in [5.41, 5.74) is 3.84. The van der Waals surface area contributed by atoms with Gasteiger partial charge in [0.1, 0.15) is 5.78 Å². The van der Waals surface area contributed by atoms with Crippen LogP contribution in [0.15, 0.2) is 18.2 Å². The molecule has 1 aromatic rings. The number of hydrogen-bond acceptors (Lipinski definition) is 1. The van der Waals surface area contributed by atoms with Crippen LogP contribution in [0.2, 0.25) is 0 Å². The molecule has 1 aromatic carbocycles. The second-order valence-corrected chi connectivity index (χ2v) is 5.16. The van der Waals surface area contributed by atoms with E-state index in [0.717, 1.165) is 6.42 Å². The average Bonchev–Trinajstić information content (AvgIpc) is 2.11. The first-order valence-electron chi connectivity index (χ1n) is 5.97. The van der Waals surface area contributed by atoms with Crippen molar-refractivity contribution in [1.82, 2.24) is 0 Å². The molecule has 0 radical (unpaired) electrons. The molecule has 1 unspecified atom stereocenters. The molecule has 1 nitrogen and oxygen atoms in total. The molecule has 0 bridgehead atoms. The number of Topliss-reactive ketones (excluding diaryl/α,β-unsaturated/α-hetero) is 1.